The molecule has 1 unspecified atom stereocenters. The van der Waals surface area contributed by atoms with Crippen LogP contribution in [-0.4, -0.2) is 30.4 Å². The van der Waals surface area contributed by atoms with Crippen molar-refractivity contribution in [3.8, 4) is 0 Å². The molecule has 5 nitrogen and oxygen atoms in total. The van der Waals surface area contributed by atoms with Crippen molar-refractivity contribution in [1.82, 2.24) is 5.01 Å². The van der Waals surface area contributed by atoms with E-state index < -0.39 is 15.3 Å². The van der Waals surface area contributed by atoms with Gasteiger partial charge in [-0.25, -0.2) is 19.3 Å². The number of rotatable bonds is 0. The molecule has 2 N–H and O–H groups in total. The largest absolute Gasteiger partial charge is 0.263 e. The van der Waals surface area contributed by atoms with Gasteiger partial charge in [0.25, 0.3) is 0 Å². The normalized spacial score (nSPS) is 24.0. The van der Waals surface area contributed by atoms with Crippen LogP contribution in [0.15, 0.2) is 16.8 Å². The van der Waals surface area contributed by atoms with Crippen molar-refractivity contribution >= 4 is 26.6 Å². The fraction of sp³-hybridized carbons (Fsp3) is 0.500. The number of nitrogens with two attached hydrogens (primary N) is 1. The number of halogens is 1. The Morgan fingerprint density at radius 2 is 2.23 bits per heavy atom. The molecule has 13 heavy (non-hydrogen) atoms. The Morgan fingerprint density at radius 1 is 1.69 bits per heavy atom. The molecule has 1 aliphatic heterocycles. The number of hydrogen-bond acceptors (Lipinski definition) is 5. The first-order chi connectivity index (χ1) is 5.84. The van der Waals surface area contributed by atoms with Gasteiger partial charge in [-0.1, -0.05) is 11.6 Å². The summed E-state index contributed by atoms with van der Waals surface area (Å²) < 4.78 is 22.2. The highest BCUT2D eigenvalue weighted by Crippen LogP contribution is 2.18. The van der Waals surface area contributed by atoms with Gasteiger partial charge in [0.1, 0.15) is 5.50 Å². The van der Waals surface area contributed by atoms with E-state index >= 15 is 0 Å². The van der Waals surface area contributed by atoms with Gasteiger partial charge in [0.05, 0.1) is 0 Å². The van der Waals surface area contributed by atoms with Gasteiger partial charge in [-0.05, 0) is 12.5 Å². The quantitative estimate of drug-likeness (QED) is 0.358. The first-order valence-electron chi connectivity index (χ1n) is 3.46. The predicted molar refractivity (Wildman–Crippen MR) is 51.7 cm³/mol. The number of amidine groups is 1. The summed E-state index contributed by atoms with van der Waals surface area (Å²) in [6.45, 7) is 1.72. The minimum Gasteiger partial charge on any atom is -0.263 e. The molecular formula is C6H10ClN3O2S. The first kappa shape index (κ1) is 10.5. The maximum absolute atomic E-state index is 11.1. The Hall–Kier alpha value is -0.590. The second-order valence-electron chi connectivity index (χ2n) is 2.80. The highest BCUT2D eigenvalue weighted by Gasteiger charge is 2.28. The molecular weight excluding hydrogens is 214 g/mol. The predicted octanol–water partition coefficient (Wildman–Crippen LogP) is 0.0450. The van der Waals surface area contributed by atoms with Crippen molar-refractivity contribution in [3.05, 3.63) is 11.8 Å². The van der Waals surface area contributed by atoms with E-state index in [0.29, 0.717) is 5.57 Å². The number of nitrogens with zero attached hydrogens (tertiary/aromatic N) is 2. The highest BCUT2D eigenvalue weighted by molar-refractivity contribution is 8.05. The molecule has 7 heteroatoms. The molecule has 0 aromatic heterocycles. The number of sulfone groups is 1. The minimum atomic E-state index is -3.41. The fourth-order valence-electron chi connectivity index (χ4n) is 0.889. The molecule has 1 rings (SSSR count). The van der Waals surface area contributed by atoms with Crippen LogP contribution in [0.2, 0.25) is 0 Å². The third-order valence-corrected chi connectivity index (χ3v) is 3.09. The van der Waals surface area contributed by atoms with E-state index in [1.54, 1.807) is 6.92 Å². The average Bonchev–Trinajstić information content (AvgIpc) is 1.98. The van der Waals surface area contributed by atoms with E-state index in [9.17, 15) is 8.42 Å². The highest BCUT2D eigenvalue weighted by atomic mass is 35.5. The summed E-state index contributed by atoms with van der Waals surface area (Å²) in [6.07, 6.45) is 2.43. The van der Waals surface area contributed by atoms with Crippen molar-refractivity contribution in [3.63, 3.8) is 0 Å². The number of hydrogen-bond donors (Lipinski definition) is 1. The molecule has 1 aliphatic rings. The van der Waals surface area contributed by atoms with Crippen LogP contribution < -0.4 is 5.84 Å². The third-order valence-electron chi connectivity index (χ3n) is 1.55. The van der Waals surface area contributed by atoms with Crippen molar-refractivity contribution < 1.29 is 8.42 Å². The molecule has 0 amide bonds. The molecule has 0 saturated heterocycles. The van der Waals surface area contributed by atoms with Gasteiger partial charge >= 0.3 is 0 Å². The lowest BCUT2D eigenvalue weighted by molar-refractivity contribution is 0.438. The van der Waals surface area contributed by atoms with E-state index in [-0.39, 0.29) is 5.17 Å². The number of hydrazine groups is 1. The number of alkyl halides is 1. The van der Waals surface area contributed by atoms with Crippen LogP contribution in [-0.2, 0) is 9.84 Å². The van der Waals surface area contributed by atoms with Crippen LogP contribution in [0.3, 0.4) is 0 Å². The summed E-state index contributed by atoms with van der Waals surface area (Å²) >= 11 is 5.81. The Bertz CT molecular complexity index is 373. The monoisotopic (exact) mass is 223 g/mol. The van der Waals surface area contributed by atoms with Gasteiger partial charge < -0.3 is 0 Å². The second kappa shape index (κ2) is 3.28. The molecule has 0 fully saturated rings. The van der Waals surface area contributed by atoms with Crippen LogP contribution in [0, 0.1) is 0 Å². The van der Waals surface area contributed by atoms with E-state index in [1.165, 1.54) is 6.20 Å². The molecule has 0 spiro atoms. The lowest BCUT2D eigenvalue weighted by Gasteiger charge is -2.27. The second-order valence-corrected chi connectivity index (χ2v) is 5.12. The lowest BCUT2D eigenvalue weighted by atomic mass is 10.3. The first-order valence-corrected chi connectivity index (χ1v) is 5.79. The van der Waals surface area contributed by atoms with Crippen LogP contribution in [0.1, 0.15) is 6.92 Å². The zero-order valence-electron chi connectivity index (χ0n) is 7.23. The van der Waals surface area contributed by atoms with Gasteiger partial charge in [0.2, 0.25) is 15.0 Å². The molecule has 1 atom stereocenters. The minimum absolute atomic E-state index is 0.210. The van der Waals surface area contributed by atoms with E-state index in [0.717, 1.165) is 11.3 Å². The van der Waals surface area contributed by atoms with Crippen molar-refractivity contribution in [1.29, 1.82) is 0 Å². The van der Waals surface area contributed by atoms with E-state index in [1.807, 2.05) is 0 Å². The summed E-state index contributed by atoms with van der Waals surface area (Å²) in [5.41, 5.74) is 0.0544. The van der Waals surface area contributed by atoms with Crippen LogP contribution in [0.25, 0.3) is 0 Å². The maximum atomic E-state index is 11.1. The Labute approximate surface area is 81.8 Å². The fourth-order valence-corrected chi connectivity index (χ4v) is 1.83. The zero-order valence-corrected chi connectivity index (χ0v) is 8.80. The summed E-state index contributed by atoms with van der Waals surface area (Å²) in [5.74, 6) is 5.45. The van der Waals surface area contributed by atoms with E-state index in [2.05, 4.69) is 4.99 Å². The molecule has 0 aromatic carbocycles. The van der Waals surface area contributed by atoms with Crippen molar-refractivity contribution in [2.24, 2.45) is 10.8 Å². The van der Waals surface area contributed by atoms with Crippen LogP contribution in [0.5, 0.6) is 0 Å². The Balaban J connectivity index is 3.15. The van der Waals surface area contributed by atoms with E-state index in [4.69, 9.17) is 17.4 Å². The summed E-state index contributed by atoms with van der Waals surface area (Å²) in [4.78, 5) is 3.70. The van der Waals surface area contributed by atoms with Crippen LogP contribution in [0.4, 0.5) is 0 Å². The molecule has 0 radical (unpaired) electrons. The molecule has 0 bridgehead atoms. The van der Waals surface area contributed by atoms with Gasteiger partial charge in [0.15, 0.2) is 0 Å². The number of aliphatic imine (C=N–C) groups is 1. The zero-order chi connectivity index (χ0) is 10.2. The van der Waals surface area contributed by atoms with Gasteiger partial charge in [-0.2, -0.15) is 0 Å². The molecule has 0 aliphatic carbocycles. The molecule has 74 valence electrons. The molecule has 1 heterocycles. The smallest absolute Gasteiger partial charge is 0.239 e. The van der Waals surface area contributed by atoms with Crippen molar-refractivity contribution in [2.45, 2.75) is 12.4 Å². The SMILES string of the molecule is CC1=CN=C(S(C)(=O)=O)N(N)C1Cl. The Kier molecular flexibility index (Phi) is 2.65. The maximum Gasteiger partial charge on any atom is 0.239 e. The van der Waals surface area contributed by atoms with Gasteiger partial charge in [-0.3, -0.25) is 5.01 Å². The topological polar surface area (TPSA) is 75.8 Å². The van der Waals surface area contributed by atoms with Crippen LogP contribution >= 0.6 is 11.6 Å². The lowest BCUT2D eigenvalue weighted by Crippen LogP contribution is -2.48. The van der Waals surface area contributed by atoms with Gasteiger partial charge in [-0.15, -0.1) is 0 Å². The standard InChI is InChI=1S/C6H10ClN3O2S/c1-4-3-9-6(13(2,11)12)10(8)5(4)7/h3,5H,8H2,1-2H3. The molecule has 0 saturated carbocycles. The Morgan fingerprint density at radius 3 is 2.69 bits per heavy atom. The van der Waals surface area contributed by atoms with Gasteiger partial charge in [0, 0.05) is 12.5 Å². The average molecular weight is 224 g/mol. The molecule has 0 aromatic rings. The third kappa shape index (κ3) is 2.01. The summed E-state index contributed by atoms with van der Waals surface area (Å²) in [5, 5.41) is 0.727. The summed E-state index contributed by atoms with van der Waals surface area (Å²) in [6, 6.07) is 0. The summed E-state index contributed by atoms with van der Waals surface area (Å²) in [7, 11) is -3.41. The van der Waals surface area contributed by atoms with Crippen molar-refractivity contribution in [2.75, 3.05) is 6.26 Å².